The van der Waals surface area contributed by atoms with Crippen LogP contribution in [-0.4, -0.2) is 48.0 Å². The topological polar surface area (TPSA) is 135 Å². The Morgan fingerprint density at radius 2 is 1.61 bits per heavy atom. The first-order valence-electron chi connectivity index (χ1n) is 20.9. The van der Waals surface area contributed by atoms with Crippen molar-refractivity contribution in [2.45, 2.75) is 24.7 Å². The number of anilines is 2. The molecule has 2 aliphatic carbocycles. The van der Waals surface area contributed by atoms with E-state index in [1.165, 1.54) is 35.2 Å². The maximum absolute atomic E-state index is 15.5. The number of carbonyl (C=O) groups is 4. The van der Waals surface area contributed by atoms with E-state index in [0.717, 1.165) is 21.7 Å². The SMILES string of the molecule is COc1ccc(OC)c(C=Cc2ccc(N3C(=O)[C@H]4[C@H](CC=C5[C@H](C6=COc7ccc(O)cc7C6)[C@]6(c7ccc(Cl)cc7)C(=O)N(Nc7ccc(F)cc7)C(=O)[C@@H]6C[C@H]54)C3=O)cc2)c1. The standard InChI is InChI=1S/C51H41ClFN3O8/c1-62-38-18-22-43(63-2)29(25-38)6-3-28-4-15-36(16-5-28)55-47(58)40-20-19-39-41(45(40)49(55)60)26-42-48(59)56(54-35-13-11-34(53)12-14-35)50(61)51(42,32-7-9-33(52)10-8-32)46(39)31-23-30-24-37(57)17-21-44(30)64-27-31/h3-19,21-22,24-25,27,40-42,45-46,54,57H,20,23,26H2,1-2H3/t40-,41+,42-,45-,46-,51+/m0/s1. The third-order valence-corrected chi connectivity index (χ3v) is 13.7. The molecule has 5 aliphatic rings. The largest absolute Gasteiger partial charge is 0.508 e. The number of methoxy groups -OCH3 is 2. The second-order valence-corrected chi connectivity index (χ2v) is 17.1. The average Bonchev–Trinajstić information content (AvgIpc) is 3.69. The lowest BCUT2D eigenvalue weighted by molar-refractivity contribution is -0.139. The van der Waals surface area contributed by atoms with Gasteiger partial charge in [0.25, 0.3) is 11.8 Å². The van der Waals surface area contributed by atoms with Crippen LogP contribution < -0.4 is 24.5 Å². The molecule has 3 heterocycles. The van der Waals surface area contributed by atoms with Crippen LogP contribution in [0.4, 0.5) is 15.8 Å². The van der Waals surface area contributed by atoms with Crippen LogP contribution in [0.15, 0.2) is 133 Å². The lowest BCUT2D eigenvalue weighted by Crippen LogP contribution is -2.55. The molecule has 5 aromatic carbocycles. The lowest BCUT2D eigenvalue weighted by Gasteiger charge is -2.51. The third-order valence-electron chi connectivity index (χ3n) is 13.4. The van der Waals surface area contributed by atoms with E-state index in [1.54, 1.807) is 69.0 Å². The van der Waals surface area contributed by atoms with Crippen molar-refractivity contribution in [3.63, 3.8) is 0 Å². The summed E-state index contributed by atoms with van der Waals surface area (Å²) >= 11 is 6.44. The van der Waals surface area contributed by atoms with Gasteiger partial charge in [0.15, 0.2) is 0 Å². The molecule has 1 saturated carbocycles. The number of amides is 4. The maximum atomic E-state index is 15.5. The van der Waals surface area contributed by atoms with E-state index in [2.05, 4.69) is 5.43 Å². The van der Waals surface area contributed by atoms with Crippen LogP contribution in [0, 0.1) is 35.4 Å². The van der Waals surface area contributed by atoms with Crippen molar-refractivity contribution in [1.82, 2.24) is 5.01 Å². The third kappa shape index (κ3) is 6.54. The smallest absolute Gasteiger partial charge is 0.260 e. The van der Waals surface area contributed by atoms with Crippen molar-refractivity contribution in [3.05, 3.63) is 166 Å². The first kappa shape index (κ1) is 40.9. The van der Waals surface area contributed by atoms with Crippen molar-refractivity contribution in [2.24, 2.45) is 29.6 Å². The van der Waals surface area contributed by atoms with E-state index < -0.39 is 52.6 Å². The number of imide groups is 2. The Labute approximate surface area is 373 Å². The summed E-state index contributed by atoms with van der Waals surface area (Å²) in [6, 6.07) is 29.7. The Morgan fingerprint density at radius 1 is 0.844 bits per heavy atom. The van der Waals surface area contributed by atoms with E-state index in [-0.39, 0.29) is 36.8 Å². The van der Waals surface area contributed by atoms with E-state index in [1.807, 2.05) is 48.6 Å². The predicted molar refractivity (Wildman–Crippen MR) is 238 cm³/mol. The van der Waals surface area contributed by atoms with Crippen LogP contribution in [0.2, 0.25) is 5.02 Å². The highest BCUT2D eigenvalue weighted by Crippen LogP contribution is 2.63. The van der Waals surface area contributed by atoms with E-state index in [9.17, 15) is 19.1 Å². The first-order valence-corrected chi connectivity index (χ1v) is 21.3. The molecule has 11 nitrogen and oxygen atoms in total. The normalized spacial score (nSPS) is 24.7. The molecule has 64 heavy (non-hydrogen) atoms. The van der Waals surface area contributed by atoms with Gasteiger partial charge in [0.05, 0.1) is 55.0 Å². The molecule has 0 bridgehead atoms. The van der Waals surface area contributed by atoms with Crippen molar-refractivity contribution >= 4 is 58.8 Å². The number of phenolic OH excluding ortho intramolecular Hbond substituents is 1. The van der Waals surface area contributed by atoms with Crippen molar-refractivity contribution < 1.29 is 42.9 Å². The number of hydrogen-bond donors (Lipinski definition) is 2. The Kier molecular flexibility index (Phi) is 10.1. The number of fused-ring (bicyclic) bond motifs is 5. The Morgan fingerprint density at radius 3 is 2.34 bits per heavy atom. The predicted octanol–water partition coefficient (Wildman–Crippen LogP) is 8.91. The zero-order chi connectivity index (χ0) is 44.4. The molecule has 0 aromatic heterocycles. The molecule has 10 rings (SSSR count). The Bertz CT molecular complexity index is 2840. The molecule has 0 radical (unpaired) electrons. The molecule has 0 spiro atoms. The van der Waals surface area contributed by atoms with Crippen LogP contribution in [0.1, 0.15) is 35.1 Å². The molecule has 0 unspecified atom stereocenters. The Balaban J connectivity index is 1.05. The lowest BCUT2D eigenvalue weighted by atomic mass is 9.48. The highest BCUT2D eigenvalue weighted by atomic mass is 35.5. The Hall–Kier alpha value is -7.18. The van der Waals surface area contributed by atoms with Gasteiger partial charge in [0.1, 0.15) is 28.8 Å². The van der Waals surface area contributed by atoms with Gasteiger partial charge in [-0.05, 0) is 120 Å². The molecule has 6 atom stereocenters. The summed E-state index contributed by atoms with van der Waals surface area (Å²) in [4.78, 5) is 61.2. The number of benzene rings is 5. The van der Waals surface area contributed by atoms with Gasteiger partial charge >= 0.3 is 0 Å². The molecule has 3 fully saturated rings. The number of nitrogens with zero attached hydrogens (tertiary/aromatic N) is 2. The van der Waals surface area contributed by atoms with Gasteiger partial charge in [-0.1, -0.05) is 59.7 Å². The number of hydrogen-bond acceptors (Lipinski definition) is 9. The van der Waals surface area contributed by atoms with Crippen LogP contribution in [0.5, 0.6) is 23.0 Å². The minimum Gasteiger partial charge on any atom is -0.508 e. The van der Waals surface area contributed by atoms with E-state index in [4.69, 9.17) is 25.8 Å². The van der Waals surface area contributed by atoms with Crippen LogP contribution in [0.3, 0.4) is 0 Å². The summed E-state index contributed by atoms with van der Waals surface area (Å²) in [5.41, 5.74) is 6.40. The molecule has 5 aromatic rings. The number of ether oxygens (including phenoxy) is 3. The van der Waals surface area contributed by atoms with E-state index in [0.29, 0.717) is 50.3 Å². The van der Waals surface area contributed by atoms with Crippen molar-refractivity contribution in [3.8, 4) is 23.0 Å². The van der Waals surface area contributed by atoms with Crippen LogP contribution in [-0.2, 0) is 31.0 Å². The molecule has 2 saturated heterocycles. The second kappa shape index (κ2) is 15.9. The summed E-state index contributed by atoms with van der Waals surface area (Å²) in [7, 11) is 3.19. The number of nitrogens with one attached hydrogen (secondary N) is 1. The molecule has 13 heteroatoms. The minimum absolute atomic E-state index is 0.0354. The van der Waals surface area contributed by atoms with Gasteiger partial charge in [-0.15, -0.1) is 0 Å². The monoisotopic (exact) mass is 877 g/mol. The molecular formula is C51H41ClFN3O8. The van der Waals surface area contributed by atoms with Gasteiger partial charge in [-0.2, -0.15) is 5.01 Å². The zero-order valence-corrected chi connectivity index (χ0v) is 35.4. The summed E-state index contributed by atoms with van der Waals surface area (Å²) in [6.07, 6.45) is 7.94. The highest BCUT2D eigenvalue weighted by molar-refractivity contribution is 6.30. The summed E-state index contributed by atoms with van der Waals surface area (Å²) in [6.45, 7) is 0. The number of carbonyl (C=O) groups excluding carboxylic acids is 4. The zero-order valence-electron chi connectivity index (χ0n) is 34.7. The van der Waals surface area contributed by atoms with Gasteiger partial charge < -0.3 is 19.3 Å². The number of halogens is 2. The second-order valence-electron chi connectivity index (χ2n) is 16.7. The molecule has 3 aliphatic heterocycles. The molecule has 322 valence electrons. The van der Waals surface area contributed by atoms with E-state index >= 15 is 9.59 Å². The summed E-state index contributed by atoms with van der Waals surface area (Å²) < 4.78 is 31.1. The number of hydrazine groups is 1. The quantitative estimate of drug-likeness (QED) is 0.0846. The molecule has 2 N–H and O–H groups in total. The number of allylic oxidation sites excluding steroid dienone is 3. The van der Waals surface area contributed by atoms with Crippen LogP contribution >= 0.6 is 11.6 Å². The number of aromatic hydroxyl groups is 1. The van der Waals surface area contributed by atoms with Gasteiger partial charge in [-0.3, -0.25) is 29.5 Å². The highest BCUT2D eigenvalue weighted by Gasteiger charge is 2.70. The summed E-state index contributed by atoms with van der Waals surface area (Å²) in [5, 5.41) is 12.0. The fourth-order valence-corrected chi connectivity index (χ4v) is 10.7. The number of rotatable bonds is 9. The van der Waals surface area contributed by atoms with Crippen LogP contribution in [0.25, 0.3) is 12.2 Å². The number of phenols is 1. The fraction of sp³-hybridized carbons (Fsp3) is 0.216. The fourth-order valence-electron chi connectivity index (χ4n) is 10.6. The maximum Gasteiger partial charge on any atom is 0.260 e. The van der Waals surface area contributed by atoms with Gasteiger partial charge in [-0.25, -0.2) is 4.39 Å². The molecular weight excluding hydrogens is 837 g/mol. The first-order chi connectivity index (χ1) is 31.0. The van der Waals surface area contributed by atoms with Crippen molar-refractivity contribution in [2.75, 3.05) is 24.5 Å². The summed E-state index contributed by atoms with van der Waals surface area (Å²) in [5.74, 6) is -4.39. The van der Waals surface area contributed by atoms with Crippen molar-refractivity contribution in [1.29, 1.82) is 0 Å². The van der Waals surface area contributed by atoms with Gasteiger partial charge in [0, 0.05) is 28.5 Å². The van der Waals surface area contributed by atoms with Gasteiger partial charge in [0.2, 0.25) is 11.8 Å². The molecule has 4 amide bonds. The minimum atomic E-state index is -1.57. The average molecular weight is 878 g/mol.